The molecule has 0 saturated carbocycles. The number of carbonyl (C=O) groups is 3. The average Bonchev–Trinajstić information content (AvgIpc) is 3.15. The molecule has 4 heterocycles. The summed E-state index contributed by atoms with van der Waals surface area (Å²) in [6.07, 6.45) is 4.71. The zero-order valence-electron chi connectivity index (χ0n) is 15.5. The largest absolute Gasteiger partial charge is 0.441 e. The van der Waals surface area contributed by atoms with Gasteiger partial charge in [-0.05, 0) is 11.6 Å². The summed E-state index contributed by atoms with van der Waals surface area (Å²) in [6.45, 7) is 2.64. The molecule has 1 aromatic heterocycles. The number of nitrogens with zero attached hydrogens (tertiary/aromatic N) is 4. The van der Waals surface area contributed by atoms with Crippen molar-refractivity contribution < 1.29 is 19.1 Å². The van der Waals surface area contributed by atoms with Gasteiger partial charge in [0.15, 0.2) is 0 Å². The third kappa shape index (κ3) is 3.48. The second kappa shape index (κ2) is 6.83. The molecule has 8 heteroatoms. The molecule has 27 heavy (non-hydrogen) atoms. The molecule has 0 aromatic carbocycles. The Bertz CT molecular complexity index is 745. The van der Waals surface area contributed by atoms with Crippen LogP contribution in [0.15, 0.2) is 24.5 Å². The van der Waals surface area contributed by atoms with Gasteiger partial charge in [-0.25, -0.2) is 4.79 Å². The van der Waals surface area contributed by atoms with Crippen LogP contribution in [0.3, 0.4) is 0 Å². The van der Waals surface area contributed by atoms with Gasteiger partial charge in [-0.2, -0.15) is 0 Å². The van der Waals surface area contributed by atoms with Crippen LogP contribution in [0.1, 0.15) is 24.8 Å². The molecule has 0 aliphatic carbocycles. The summed E-state index contributed by atoms with van der Waals surface area (Å²) in [7, 11) is 1.73. The molecular formula is C19H24N4O4. The fraction of sp³-hybridized carbons (Fsp3) is 0.579. The molecule has 3 saturated heterocycles. The van der Waals surface area contributed by atoms with Gasteiger partial charge in [-0.15, -0.1) is 0 Å². The molecule has 0 unspecified atom stereocenters. The number of rotatable bonds is 3. The van der Waals surface area contributed by atoms with Gasteiger partial charge in [-0.3, -0.25) is 14.6 Å². The highest BCUT2D eigenvalue weighted by Gasteiger charge is 2.47. The number of pyridine rings is 1. The number of likely N-dealkylation sites (tertiary alicyclic amines) is 2. The van der Waals surface area contributed by atoms with E-state index in [9.17, 15) is 14.4 Å². The first-order chi connectivity index (χ1) is 13.0. The topological polar surface area (TPSA) is 83.1 Å². The van der Waals surface area contributed by atoms with Crippen LogP contribution in [-0.4, -0.2) is 76.4 Å². The van der Waals surface area contributed by atoms with Gasteiger partial charge >= 0.3 is 6.09 Å². The number of hydrogen-bond donors (Lipinski definition) is 0. The Balaban J connectivity index is 1.33. The monoisotopic (exact) mass is 372 g/mol. The molecule has 3 aliphatic heterocycles. The molecular weight excluding hydrogens is 348 g/mol. The van der Waals surface area contributed by atoms with Crippen molar-refractivity contribution in [3.05, 3.63) is 30.1 Å². The molecule has 1 aromatic rings. The van der Waals surface area contributed by atoms with Crippen LogP contribution < -0.4 is 0 Å². The molecule has 144 valence electrons. The minimum Gasteiger partial charge on any atom is -0.441 e. The van der Waals surface area contributed by atoms with E-state index in [0.29, 0.717) is 45.6 Å². The zero-order valence-corrected chi connectivity index (χ0v) is 15.5. The van der Waals surface area contributed by atoms with Crippen molar-refractivity contribution in [1.82, 2.24) is 19.7 Å². The molecule has 0 bridgehead atoms. The van der Waals surface area contributed by atoms with E-state index in [1.165, 1.54) is 0 Å². The molecule has 3 aliphatic rings. The highest BCUT2D eigenvalue weighted by atomic mass is 16.6. The van der Waals surface area contributed by atoms with E-state index in [2.05, 4.69) is 4.98 Å². The second-order valence-corrected chi connectivity index (χ2v) is 7.77. The van der Waals surface area contributed by atoms with Crippen LogP contribution in [0.2, 0.25) is 0 Å². The van der Waals surface area contributed by atoms with E-state index in [4.69, 9.17) is 4.74 Å². The van der Waals surface area contributed by atoms with Gasteiger partial charge in [0, 0.05) is 64.9 Å². The fourth-order valence-corrected chi connectivity index (χ4v) is 4.25. The lowest BCUT2D eigenvalue weighted by atomic mass is 9.90. The quantitative estimate of drug-likeness (QED) is 0.786. The third-order valence-electron chi connectivity index (χ3n) is 5.79. The highest BCUT2D eigenvalue weighted by molar-refractivity contribution is 5.89. The van der Waals surface area contributed by atoms with Crippen molar-refractivity contribution >= 4 is 17.9 Å². The Kier molecular flexibility index (Phi) is 4.49. The molecule has 0 radical (unpaired) electrons. The van der Waals surface area contributed by atoms with Crippen molar-refractivity contribution in [2.75, 3.05) is 33.2 Å². The number of hydrogen-bond acceptors (Lipinski definition) is 5. The summed E-state index contributed by atoms with van der Waals surface area (Å²) in [5.74, 6) is -0.251. The molecule has 4 rings (SSSR count). The van der Waals surface area contributed by atoms with Crippen molar-refractivity contribution in [2.45, 2.75) is 31.4 Å². The van der Waals surface area contributed by atoms with Crippen LogP contribution in [0.5, 0.6) is 0 Å². The minimum absolute atomic E-state index is 0.0111. The van der Waals surface area contributed by atoms with E-state index in [1.807, 2.05) is 17.0 Å². The highest BCUT2D eigenvalue weighted by Crippen LogP contribution is 2.33. The fourth-order valence-electron chi connectivity index (χ4n) is 4.25. The van der Waals surface area contributed by atoms with Gasteiger partial charge < -0.3 is 19.4 Å². The normalized spacial score (nSPS) is 24.6. The summed E-state index contributed by atoms with van der Waals surface area (Å²) in [5, 5.41) is 0. The van der Waals surface area contributed by atoms with E-state index in [0.717, 1.165) is 5.56 Å². The number of carbonyl (C=O) groups excluding carboxylic acids is 3. The van der Waals surface area contributed by atoms with Gasteiger partial charge in [0.25, 0.3) is 0 Å². The summed E-state index contributed by atoms with van der Waals surface area (Å²) in [5.41, 5.74) is 0.506. The molecule has 1 atom stereocenters. The van der Waals surface area contributed by atoms with E-state index in [1.54, 1.807) is 29.2 Å². The number of aromatic nitrogens is 1. The van der Waals surface area contributed by atoms with Gasteiger partial charge in [0.05, 0.1) is 12.5 Å². The molecule has 3 fully saturated rings. The van der Waals surface area contributed by atoms with Crippen molar-refractivity contribution in [3.8, 4) is 0 Å². The molecule has 8 nitrogen and oxygen atoms in total. The lowest BCUT2D eigenvalue weighted by Crippen LogP contribution is -2.50. The molecule has 0 N–H and O–H groups in total. The first kappa shape index (κ1) is 17.8. The smallest absolute Gasteiger partial charge is 0.410 e. The zero-order chi connectivity index (χ0) is 19.0. The predicted octanol–water partition coefficient (Wildman–Crippen LogP) is 0.873. The SMILES string of the molecule is CN1CC2(CCN(C(=O)[C@@H]3CC(=O)N(Cc4cccnc4)C3)CC2)OC1=O. The minimum atomic E-state index is -0.458. The average molecular weight is 372 g/mol. The van der Waals surface area contributed by atoms with Crippen molar-refractivity contribution in [3.63, 3.8) is 0 Å². The lowest BCUT2D eigenvalue weighted by molar-refractivity contribution is -0.139. The molecule has 1 spiro atoms. The first-order valence-corrected chi connectivity index (χ1v) is 9.35. The number of piperidine rings is 1. The van der Waals surface area contributed by atoms with Gasteiger partial charge in [0.2, 0.25) is 11.8 Å². The number of likely N-dealkylation sites (N-methyl/N-ethyl adjacent to an activating group) is 1. The summed E-state index contributed by atoms with van der Waals surface area (Å²) < 4.78 is 5.54. The van der Waals surface area contributed by atoms with E-state index < -0.39 is 5.60 Å². The van der Waals surface area contributed by atoms with Gasteiger partial charge in [0.1, 0.15) is 5.60 Å². The van der Waals surface area contributed by atoms with Crippen LogP contribution >= 0.6 is 0 Å². The Morgan fingerprint density at radius 2 is 2.11 bits per heavy atom. The Morgan fingerprint density at radius 3 is 2.74 bits per heavy atom. The van der Waals surface area contributed by atoms with E-state index >= 15 is 0 Å². The van der Waals surface area contributed by atoms with Crippen LogP contribution in [0.25, 0.3) is 0 Å². The van der Waals surface area contributed by atoms with Crippen LogP contribution in [0.4, 0.5) is 4.79 Å². The summed E-state index contributed by atoms with van der Waals surface area (Å²) >= 11 is 0. The van der Waals surface area contributed by atoms with E-state index in [-0.39, 0.29) is 30.2 Å². The maximum absolute atomic E-state index is 12.9. The van der Waals surface area contributed by atoms with Crippen molar-refractivity contribution in [1.29, 1.82) is 0 Å². The second-order valence-electron chi connectivity index (χ2n) is 7.77. The summed E-state index contributed by atoms with van der Waals surface area (Å²) in [4.78, 5) is 46.1. The number of amides is 3. The summed E-state index contributed by atoms with van der Waals surface area (Å²) in [6, 6.07) is 3.77. The first-order valence-electron chi connectivity index (χ1n) is 9.35. The maximum atomic E-state index is 12.9. The maximum Gasteiger partial charge on any atom is 0.410 e. The van der Waals surface area contributed by atoms with Gasteiger partial charge in [-0.1, -0.05) is 6.07 Å². The predicted molar refractivity (Wildman–Crippen MR) is 95.4 cm³/mol. The Labute approximate surface area is 158 Å². The standard InChI is InChI=1S/C19H24N4O4/c1-21-13-19(27-18(21)26)4-7-22(8-5-19)17(25)15-9-16(24)23(12-15)11-14-3-2-6-20-10-14/h2-3,6,10,15H,4-5,7-9,11-13H2,1H3/t15-/m1/s1. The molecule has 3 amide bonds. The Hall–Kier alpha value is -2.64. The van der Waals surface area contributed by atoms with Crippen LogP contribution in [-0.2, 0) is 20.9 Å². The van der Waals surface area contributed by atoms with Crippen LogP contribution in [0, 0.1) is 5.92 Å². The third-order valence-corrected chi connectivity index (χ3v) is 5.79. The lowest BCUT2D eigenvalue weighted by Gasteiger charge is -2.38. The number of ether oxygens (including phenoxy) is 1. The Morgan fingerprint density at radius 1 is 1.33 bits per heavy atom. The van der Waals surface area contributed by atoms with Crippen molar-refractivity contribution in [2.24, 2.45) is 5.92 Å².